The molecule has 0 saturated carbocycles. The van der Waals surface area contributed by atoms with E-state index in [9.17, 15) is 4.79 Å². The first kappa shape index (κ1) is 17.8. The molecule has 3 rings (SSSR count). The van der Waals surface area contributed by atoms with Gasteiger partial charge < -0.3 is 10.2 Å². The van der Waals surface area contributed by atoms with Gasteiger partial charge in [0, 0.05) is 42.6 Å². The Morgan fingerprint density at radius 1 is 1.04 bits per heavy atom. The van der Waals surface area contributed by atoms with E-state index in [0.29, 0.717) is 11.6 Å². The molecule has 0 bridgehead atoms. The van der Waals surface area contributed by atoms with E-state index in [1.54, 1.807) is 6.07 Å². The third kappa shape index (κ3) is 4.53. The topological polar surface area (TPSA) is 35.6 Å². The van der Waals surface area contributed by atoms with Gasteiger partial charge in [0.2, 0.25) is 5.91 Å². The number of rotatable bonds is 4. The van der Waals surface area contributed by atoms with E-state index < -0.39 is 0 Å². The van der Waals surface area contributed by atoms with Crippen molar-refractivity contribution in [2.75, 3.05) is 42.9 Å². The number of aryl methyl sites for hydroxylation is 2. The van der Waals surface area contributed by atoms with Gasteiger partial charge in [-0.05, 0) is 43.2 Å². The van der Waals surface area contributed by atoms with Gasteiger partial charge >= 0.3 is 0 Å². The van der Waals surface area contributed by atoms with Crippen molar-refractivity contribution in [1.29, 1.82) is 0 Å². The van der Waals surface area contributed by atoms with Crippen LogP contribution in [0.4, 0.5) is 11.4 Å². The molecule has 2 aromatic carbocycles. The lowest BCUT2D eigenvalue weighted by atomic mass is 10.1. The Morgan fingerprint density at radius 3 is 2.44 bits per heavy atom. The van der Waals surface area contributed by atoms with Gasteiger partial charge in [0.1, 0.15) is 0 Å². The van der Waals surface area contributed by atoms with Gasteiger partial charge in [0.15, 0.2) is 0 Å². The standard InChI is InChI=1S/C20H24ClN3O/c1-15-7-8-17(13-18(15)21)22-20(25)14-23-9-11-24(12-10-23)19-6-4-3-5-16(19)2/h3-8,13H,9-12,14H2,1-2H3,(H,22,25). The third-order valence-electron chi connectivity index (χ3n) is 4.65. The summed E-state index contributed by atoms with van der Waals surface area (Å²) < 4.78 is 0. The van der Waals surface area contributed by atoms with E-state index in [0.717, 1.165) is 37.4 Å². The molecule has 0 radical (unpaired) electrons. The molecule has 0 aromatic heterocycles. The van der Waals surface area contributed by atoms with E-state index in [1.165, 1.54) is 11.3 Å². The van der Waals surface area contributed by atoms with E-state index in [2.05, 4.69) is 46.3 Å². The minimum absolute atomic E-state index is 0.00395. The number of piperazine rings is 1. The summed E-state index contributed by atoms with van der Waals surface area (Å²) in [7, 11) is 0. The van der Waals surface area contributed by atoms with Crippen molar-refractivity contribution in [2.24, 2.45) is 0 Å². The molecule has 1 aliphatic rings. The molecule has 0 spiro atoms. The fourth-order valence-corrected chi connectivity index (χ4v) is 3.32. The smallest absolute Gasteiger partial charge is 0.238 e. The van der Waals surface area contributed by atoms with E-state index in [-0.39, 0.29) is 5.91 Å². The second-order valence-electron chi connectivity index (χ2n) is 6.56. The number of hydrogen-bond donors (Lipinski definition) is 1. The number of nitrogens with zero attached hydrogens (tertiary/aromatic N) is 2. The molecule has 0 aliphatic carbocycles. The average molecular weight is 358 g/mol. The molecule has 1 heterocycles. The van der Waals surface area contributed by atoms with Crippen molar-refractivity contribution >= 4 is 28.9 Å². The highest BCUT2D eigenvalue weighted by Crippen LogP contribution is 2.21. The van der Waals surface area contributed by atoms with Crippen LogP contribution in [0, 0.1) is 13.8 Å². The van der Waals surface area contributed by atoms with Gasteiger partial charge in [-0.15, -0.1) is 0 Å². The zero-order valence-corrected chi connectivity index (χ0v) is 15.5. The van der Waals surface area contributed by atoms with Crippen LogP contribution in [0.25, 0.3) is 0 Å². The minimum Gasteiger partial charge on any atom is -0.369 e. The highest BCUT2D eigenvalue weighted by atomic mass is 35.5. The second-order valence-corrected chi connectivity index (χ2v) is 6.97. The summed E-state index contributed by atoms with van der Waals surface area (Å²) in [5.41, 5.74) is 4.34. The van der Waals surface area contributed by atoms with Crippen LogP contribution in [-0.2, 0) is 4.79 Å². The van der Waals surface area contributed by atoms with Crippen molar-refractivity contribution < 1.29 is 4.79 Å². The molecule has 4 nitrogen and oxygen atoms in total. The van der Waals surface area contributed by atoms with Crippen LogP contribution in [-0.4, -0.2) is 43.5 Å². The zero-order valence-electron chi connectivity index (χ0n) is 14.8. The van der Waals surface area contributed by atoms with Crippen LogP contribution in [0.3, 0.4) is 0 Å². The summed E-state index contributed by atoms with van der Waals surface area (Å²) in [5.74, 6) is 0.00395. The van der Waals surface area contributed by atoms with Gasteiger partial charge in [-0.25, -0.2) is 0 Å². The molecule has 1 amide bonds. The summed E-state index contributed by atoms with van der Waals surface area (Å²) in [6, 6.07) is 14.0. The lowest BCUT2D eigenvalue weighted by Gasteiger charge is -2.36. The molecular formula is C20H24ClN3O. The van der Waals surface area contributed by atoms with Crippen LogP contribution >= 0.6 is 11.6 Å². The van der Waals surface area contributed by atoms with Crippen molar-refractivity contribution in [1.82, 2.24) is 4.90 Å². The first-order chi connectivity index (χ1) is 12.0. The van der Waals surface area contributed by atoms with E-state index >= 15 is 0 Å². The maximum atomic E-state index is 12.3. The molecule has 132 valence electrons. The SMILES string of the molecule is Cc1ccc(NC(=O)CN2CCN(c3ccccc3C)CC2)cc1Cl. The summed E-state index contributed by atoms with van der Waals surface area (Å²) in [5, 5.41) is 3.60. The van der Waals surface area contributed by atoms with Crippen molar-refractivity contribution in [3.8, 4) is 0 Å². The van der Waals surface area contributed by atoms with Crippen LogP contribution < -0.4 is 10.2 Å². The fraction of sp³-hybridized carbons (Fsp3) is 0.350. The summed E-state index contributed by atoms with van der Waals surface area (Å²) in [6.07, 6.45) is 0. The maximum Gasteiger partial charge on any atom is 0.238 e. The quantitative estimate of drug-likeness (QED) is 0.905. The highest BCUT2D eigenvalue weighted by Gasteiger charge is 2.20. The molecule has 1 fully saturated rings. The molecule has 25 heavy (non-hydrogen) atoms. The Morgan fingerprint density at radius 2 is 1.76 bits per heavy atom. The number of halogens is 1. The van der Waals surface area contributed by atoms with E-state index in [4.69, 9.17) is 11.6 Å². The normalized spacial score (nSPS) is 15.2. The minimum atomic E-state index is 0.00395. The molecule has 1 aliphatic heterocycles. The average Bonchev–Trinajstić information content (AvgIpc) is 2.59. The number of para-hydroxylation sites is 1. The van der Waals surface area contributed by atoms with Crippen molar-refractivity contribution in [3.05, 3.63) is 58.6 Å². The first-order valence-corrected chi connectivity index (χ1v) is 8.99. The first-order valence-electron chi connectivity index (χ1n) is 8.62. The Hall–Kier alpha value is -2.04. The number of nitrogens with one attached hydrogen (secondary N) is 1. The predicted molar refractivity (Wildman–Crippen MR) is 105 cm³/mol. The number of carbonyl (C=O) groups is 1. The number of carbonyl (C=O) groups excluding carboxylic acids is 1. The fourth-order valence-electron chi connectivity index (χ4n) is 3.14. The number of amides is 1. The highest BCUT2D eigenvalue weighted by molar-refractivity contribution is 6.31. The molecular weight excluding hydrogens is 334 g/mol. The zero-order chi connectivity index (χ0) is 17.8. The lowest BCUT2D eigenvalue weighted by Crippen LogP contribution is -2.48. The van der Waals surface area contributed by atoms with Crippen LogP contribution in [0.15, 0.2) is 42.5 Å². The van der Waals surface area contributed by atoms with Gasteiger partial charge in [-0.3, -0.25) is 9.69 Å². The Bertz CT molecular complexity index is 754. The largest absolute Gasteiger partial charge is 0.369 e. The summed E-state index contributed by atoms with van der Waals surface area (Å²) >= 11 is 6.11. The predicted octanol–water partition coefficient (Wildman–Crippen LogP) is 3.72. The van der Waals surface area contributed by atoms with Gasteiger partial charge in [0.05, 0.1) is 6.54 Å². The second kappa shape index (κ2) is 7.89. The van der Waals surface area contributed by atoms with Crippen molar-refractivity contribution in [2.45, 2.75) is 13.8 Å². The Labute approximate surface area is 154 Å². The Kier molecular flexibility index (Phi) is 5.61. The third-order valence-corrected chi connectivity index (χ3v) is 5.06. The van der Waals surface area contributed by atoms with Crippen molar-refractivity contribution in [3.63, 3.8) is 0 Å². The Balaban J connectivity index is 1.51. The number of anilines is 2. The molecule has 1 N–H and O–H groups in total. The van der Waals surface area contributed by atoms with Gasteiger partial charge in [-0.2, -0.15) is 0 Å². The van der Waals surface area contributed by atoms with Gasteiger partial charge in [-0.1, -0.05) is 35.9 Å². The molecule has 5 heteroatoms. The maximum absolute atomic E-state index is 12.3. The van der Waals surface area contributed by atoms with Crippen LogP contribution in [0.1, 0.15) is 11.1 Å². The molecule has 1 saturated heterocycles. The van der Waals surface area contributed by atoms with E-state index in [1.807, 2.05) is 19.1 Å². The lowest BCUT2D eigenvalue weighted by molar-refractivity contribution is -0.117. The summed E-state index contributed by atoms with van der Waals surface area (Å²) in [6.45, 7) is 8.15. The molecule has 0 unspecified atom stereocenters. The molecule has 0 atom stereocenters. The van der Waals surface area contributed by atoms with Crippen LogP contribution in [0.2, 0.25) is 5.02 Å². The van der Waals surface area contributed by atoms with Crippen LogP contribution in [0.5, 0.6) is 0 Å². The number of hydrogen-bond acceptors (Lipinski definition) is 3. The molecule has 2 aromatic rings. The monoisotopic (exact) mass is 357 g/mol. The summed E-state index contributed by atoms with van der Waals surface area (Å²) in [4.78, 5) is 16.9. The number of benzene rings is 2. The van der Waals surface area contributed by atoms with Gasteiger partial charge in [0.25, 0.3) is 0 Å².